The molecule has 8 heteroatoms. The number of ether oxygens (including phenoxy) is 2. The molecule has 180 valence electrons. The van der Waals surface area contributed by atoms with Crippen molar-refractivity contribution in [1.82, 2.24) is 15.5 Å². The zero-order valence-electron chi connectivity index (χ0n) is 20.8. The summed E-state index contributed by atoms with van der Waals surface area (Å²) in [6.45, 7) is 17.3. The third-order valence-electron chi connectivity index (χ3n) is 5.19. The summed E-state index contributed by atoms with van der Waals surface area (Å²) in [6, 6.07) is -1.46. The maximum Gasteiger partial charge on any atom is 0.324 e. The van der Waals surface area contributed by atoms with E-state index in [0.717, 1.165) is 0 Å². The minimum absolute atomic E-state index is 0.176. The van der Waals surface area contributed by atoms with Crippen molar-refractivity contribution in [2.45, 2.75) is 79.5 Å². The molecular formula is C23H43N3O5. The van der Waals surface area contributed by atoms with Gasteiger partial charge in [0, 0.05) is 20.1 Å². The first-order chi connectivity index (χ1) is 14.2. The van der Waals surface area contributed by atoms with Crippen LogP contribution in [0.15, 0.2) is 0 Å². The van der Waals surface area contributed by atoms with E-state index in [0.29, 0.717) is 32.7 Å². The second kappa shape index (κ2) is 11.3. The smallest absolute Gasteiger partial charge is 0.324 e. The average molecular weight is 442 g/mol. The van der Waals surface area contributed by atoms with Crippen molar-refractivity contribution in [2.75, 3.05) is 33.4 Å². The van der Waals surface area contributed by atoms with Crippen molar-refractivity contribution >= 4 is 17.8 Å². The Kier molecular flexibility index (Phi) is 9.95. The van der Waals surface area contributed by atoms with Gasteiger partial charge < -0.3 is 20.1 Å². The molecule has 0 spiro atoms. The highest BCUT2D eigenvalue weighted by Crippen LogP contribution is 2.26. The van der Waals surface area contributed by atoms with Gasteiger partial charge in [-0.3, -0.25) is 19.3 Å². The van der Waals surface area contributed by atoms with E-state index in [-0.39, 0.29) is 17.7 Å². The summed E-state index contributed by atoms with van der Waals surface area (Å²) < 4.78 is 11.2. The molecule has 3 atom stereocenters. The molecule has 1 saturated heterocycles. The Balaban J connectivity index is 3.30. The third-order valence-corrected chi connectivity index (χ3v) is 5.19. The Morgan fingerprint density at radius 2 is 1.55 bits per heavy atom. The van der Waals surface area contributed by atoms with E-state index in [1.54, 1.807) is 7.05 Å². The lowest BCUT2D eigenvalue weighted by Gasteiger charge is -2.39. The molecule has 1 fully saturated rings. The monoisotopic (exact) mass is 441 g/mol. The zero-order chi connectivity index (χ0) is 24.0. The molecule has 1 heterocycles. The summed E-state index contributed by atoms with van der Waals surface area (Å²) in [7, 11) is 1.55. The molecule has 31 heavy (non-hydrogen) atoms. The predicted octanol–water partition coefficient (Wildman–Crippen LogP) is 1.97. The van der Waals surface area contributed by atoms with Gasteiger partial charge in [0.05, 0.1) is 19.1 Å². The minimum atomic E-state index is -0.740. The van der Waals surface area contributed by atoms with Gasteiger partial charge in [-0.15, -0.1) is 0 Å². The number of nitrogens with zero attached hydrogens (tertiary/aromatic N) is 1. The highest BCUT2D eigenvalue weighted by Gasteiger charge is 2.43. The number of carbonyl (C=O) groups excluding carboxylic acids is 3. The quantitative estimate of drug-likeness (QED) is 0.559. The van der Waals surface area contributed by atoms with E-state index in [9.17, 15) is 14.4 Å². The molecule has 2 N–H and O–H groups in total. The summed E-state index contributed by atoms with van der Waals surface area (Å²) >= 11 is 0. The van der Waals surface area contributed by atoms with Crippen LogP contribution in [0.1, 0.15) is 61.8 Å². The van der Waals surface area contributed by atoms with Crippen LogP contribution in [0, 0.1) is 17.3 Å². The molecule has 0 aromatic rings. The predicted molar refractivity (Wildman–Crippen MR) is 120 cm³/mol. The Bertz CT molecular complexity index is 616. The second-order valence-corrected chi connectivity index (χ2v) is 10.8. The van der Waals surface area contributed by atoms with Gasteiger partial charge in [-0.05, 0) is 38.5 Å². The normalized spacial score (nSPS) is 18.8. The average Bonchev–Trinajstić information content (AvgIpc) is 2.63. The molecule has 1 aliphatic heterocycles. The van der Waals surface area contributed by atoms with Crippen LogP contribution < -0.4 is 10.6 Å². The van der Waals surface area contributed by atoms with Crippen molar-refractivity contribution in [3.63, 3.8) is 0 Å². The van der Waals surface area contributed by atoms with E-state index in [4.69, 9.17) is 9.47 Å². The summed E-state index contributed by atoms with van der Waals surface area (Å²) in [5.74, 6) is -1.45. The lowest BCUT2D eigenvalue weighted by Crippen LogP contribution is -2.59. The van der Waals surface area contributed by atoms with E-state index in [1.807, 2.05) is 60.3 Å². The lowest BCUT2D eigenvalue weighted by atomic mass is 9.84. The van der Waals surface area contributed by atoms with Crippen LogP contribution in [0.5, 0.6) is 0 Å². The lowest BCUT2D eigenvalue weighted by molar-refractivity contribution is -0.168. The highest BCUT2D eigenvalue weighted by atomic mass is 16.6. The largest absolute Gasteiger partial charge is 0.459 e. The highest BCUT2D eigenvalue weighted by molar-refractivity contribution is 5.92. The van der Waals surface area contributed by atoms with Gasteiger partial charge in [-0.1, -0.05) is 34.6 Å². The van der Waals surface area contributed by atoms with Crippen molar-refractivity contribution < 1.29 is 23.9 Å². The van der Waals surface area contributed by atoms with Gasteiger partial charge in [0.25, 0.3) is 0 Å². The standard InChI is InChI=1S/C23H43N3O5/c1-15(2)14-16(19(27)25-18(20(28)24-9)22(3,4)5)17(21(29)31-23(6,7)8)26-10-12-30-13-11-26/h15-18H,10-14H2,1-9H3,(H,24,28)(H,25,27)/t16-,17+,18-/m1/s1. The van der Waals surface area contributed by atoms with Crippen LogP contribution in [0.3, 0.4) is 0 Å². The van der Waals surface area contributed by atoms with Gasteiger partial charge >= 0.3 is 5.97 Å². The number of morpholine rings is 1. The van der Waals surface area contributed by atoms with Crippen molar-refractivity contribution in [1.29, 1.82) is 0 Å². The Morgan fingerprint density at radius 1 is 1.00 bits per heavy atom. The summed E-state index contributed by atoms with van der Waals surface area (Å²) in [6.07, 6.45) is 0.498. The zero-order valence-corrected chi connectivity index (χ0v) is 20.8. The molecule has 0 saturated carbocycles. The molecule has 0 radical (unpaired) electrons. The second-order valence-electron chi connectivity index (χ2n) is 10.8. The Morgan fingerprint density at radius 3 is 1.97 bits per heavy atom. The molecular weight excluding hydrogens is 398 g/mol. The number of rotatable bonds is 8. The first kappa shape index (κ1) is 27.4. The fourth-order valence-corrected chi connectivity index (χ4v) is 3.74. The topological polar surface area (TPSA) is 97.0 Å². The van der Waals surface area contributed by atoms with Crippen molar-refractivity contribution in [2.24, 2.45) is 17.3 Å². The third kappa shape index (κ3) is 8.77. The van der Waals surface area contributed by atoms with E-state index in [1.165, 1.54) is 0 Å². The number of esters is 1. The first-order valence-corrected chi connectivity index (χ1v) is 11.2. The molecule has 2 amide bonds. The number of hydrogen-bond acceptors (Lipinski definition) is 6. The van der Waals surface area contributed by atoms with Crippen LogP contribution in [-0.4, -0.2) is 73.7 Å². The van der Waals surface area contributed by atoms with Crippen LogP contribution in [-0.2, 0) is 23.9 Å². The first-order valence-electron chi connectivity index (χ1n) is 11.2. The molecule has 0 aliphatic carbocycles. The van der Waals surface area contributed by atoms with Crippen LogP contribution in [0.2, 0.25) is 0 Å². The summed E-state index contributed by atoms with van der Waals surface area (Å²) in [4.78, 5) is 41.3. The number of likely N-dealkylation sites (N-methyl/N-ethyl adjacent to an activating group) is 1. The Labute approximate surface area is 187 Å². The molecule has 1 rings (SSSR count). The van der Waals surface area contributed by atoms with Crippen molar-refractivity contribution in [3.05, 3.63) is 0 Å². The van der Waals surface area contributed by atoms with Crippen LogP contribution in [0.4, 0.5) is 0 Å². The Hall–Kier alpha value is -1.67. The number of nitrogens with one attached hydrogen (secondary N) is 2. The SMILES string of the molecule is CNC(=O)[C@@H](NC(=O)[C@H](CC(C)C)[C@@H](C(=O)OC(C)(C)C)N1CCOCC1)C(C)(C)C. The fraction of sp³-hybridized carbons (Fsp3) is 0.870. The van der Waals surface area contributed by atoms with Gasteiger partial charge in [0.2, 0.25) is 11.8 Å². The van der Waals surface area contributed by atoms with Gasteiger partial charge in [-0.2, -0.15) is 0 Å². The van der Waals surface area contributed by atoms with E-state index in [2.05, 4.69) is 10.6 Å². The maximum absolute atomic E-state index is 13.6. The summed E-state index contributed by atoms with van der Waals surface area (Å²) in [5, 5.41) is 5.56. The van der Waals surface area contributed by atoms with Crippen LogP contribution >= 0.6 is 0 Å². The molecule has 8 nitrogen and oxygen atoms in total. The number of carbonyl (C=O) groups is 3. The molecule has 1 aliphatic rings. The van der Waals surface area contributed by atoms with Crippen LogP contribution in [0.25, 0.3) is 0 Å². The van der Waals surface area contributed by atoms with E-state index < -0.39 is 35.0 Å². The summed E-state index contributed by atoms with van der Waals surface area (Å²) in [5.41, 5.74) is -1.16. The number of hydrogen-bond donors (Lipinski definition) is 2. The fourth-order valence-electron chi connectivity index (χ4n) is 3.74. The van der Waals surface area contributed by atoms with Gasteiger partial charge in [0.15, 0.2) is 0 Å². The molecule has 0 unspecified atom stereocenters. The molecule has 0 aromatic heterocycles. The number of amides is 2. The van der Waals surface area contributed by atoms with Crippen molar-refractivity contribution in [3.8, 4) is 0 Å². The maximum atomic E-state index is 13.6. The molecule has 0 bridgehead atoms. The molecule has 0 aromatic carbocycles. The van der Waals surface area contributed by atoms with E-state index >= 15 is 0 Å². The van der Waals surface area contributed by atoms with Gasteiger partial charge in [-0.25, -0.2) is 0 Å². The minimum Gasteiger partial charge on any atom is -0.459 e. The van der Waals surface area contributed by atoms with Gasteiger partial charge in [0.1, 0.15) is 17.7 Å².